The number of imidazole rings is 3. The van der Waals surface area contributed by atoms with Gasteiger partial charge in [-0.15, -0.1) is 0 Å². The topological polar surface area (TPSA) is 95.6 Å². The first-order valence-electron chi connectivity index (χ1n) is 14.2. The zero-order valence-corrected chi connectivity index (χ0v) is 27.4. The second-order valence-corrected chi connectivity index (χ2v) is 15.4. The van der Waals surface area contributed by atoms with Gasteiger partial charge in [0.2, 0.25) is 19.0 Å². The molecule has 3 heterocycles. The maximum atomic E-state index is 10.3. The molecule has 0 saturated carbocycles. The Balaban J connectivity index is 0.000000494. The summed E-state index contributed by atoms with van der Waals surface area (Å²) in [5.74, 6) is 0.918. The van der Waals surface area contributed by atoms with Crippen LogP contribution in [0.1, 0.15) is 73.1 Å². The SMILES string of the molecule is CCCC[n+]1ccn(C)c1.CCCC[n+]1ccn(C)c1.CCCC[n+]1ccn(C)c1.CCS(CC)=P([O-])([O-])[O-]. The highest BCUT2D eigenvalue weighted by atomic mass is 32.5. The second-order valence-electron chi connectivity index (χ2n) is 9.50. The van der Waals surface area contributed by atoms with Crippen LogP contribution in [0.4, 0.5) is 0 Å². The molecular formula is C28H55N6O3PS. The van der Waals surface area contributed by atoms with Crippen molar-refractivity contribution in [3.63, 3.8) is 0 Å². The molecule has 0 fully saturated rings. The highest BCUT2D eigenvalue weighted by molar-refractivity contribution is 8.26. The summed E-state index contributed by atoms with van der Waals surface area (Å²) >= 11 is 0. The molecule has 226 valence electrons. The first-order valence-corrected chi connectivity index (χ1v) is 17.9. The van der Waals surface area contributed by atoms with Crippen molar-refractivity contribution in [3.05, 3.63) is 56.2 Å². The number of nitrogens with zero attached hydrogens (tertiary/aromatic N) is 6. The quantitative estimate of drug-likeness (QED) is 0.253. The highest BCUT2D eigenvalue weighted by Crippen LogP contribution is 2.19. The van der Waals surface area contributed by atoms with Crippen LogP contribution in [0.5, 0.6) is 0 Å². The van der Waals surface area contributed by atoms with E-state index in [0.717, 1.165) is 19.6 Å². The Kier molecular flexibility index (Phi) is 21.1. The fourth-order valence-corrected chi connectivity index (χ4v) is 6.38. The van der Waals surface area contributed by atoms with Crippen LogP contribution in [0.15, 0.2) is 56.2 Å². The molecule has 0 unspecified atom stereocenters. The third-order valence-corrected chi connectivity index (χ3v) is 11.2. The molecule has 0 saturated heterocycles. The number of hydrogen-bond acceptors (Lipinski definition) is 3. The predicted molar refractivity (Wildman–Crippen MR) is 157 cm³/mol. The van der Waals surface area contributed by atoms with Gasteiger partial charge in [-0.05, 0) is 30.8 Å². The molecule has 11 heteroatoms. The van der Waals surface area contributed by atoms with Gasteiger partial charge in [0.25, 0.3) is 0 Å². The van der Waals surface area contributed by atoms with E-state index < -0.39 is 16.8 Å². The number of hydrogen-bond donors (Lipinski definition) is 0. The lowest BCUT2D eigenvalue weighted by Crippen LogP contribution is -2.30. The zero-order chi connectivity index (χ0) is 29.7. The smallest absolute Gasteiger partial charge is 0.243 e. The maximum Gasteiger partial charge on any atom is 0.243 e. The average Bonchev–Trinajstić information content (AvgIpc) is 3.62. The van der Waals surface area contributed by atoms with Gasteiger partial charge in [-0.3, -0.25) is 0 Å². The fraction of sp³-hybridized carbons (Fsp3) is 0.679. The molecule has 0 N–H and O–H groups in total. The van der Waals surface area contributed by atoms with Gasteiger partial charge in [0.05, 0.1) is 40.8 Å². The van der Waals surface area contributed by atoms with Gasteiger partial charge in [0, 0.05) is 0 Å². The van der Waals surface area contributed by atoms with Gasteiger partial charge in [-0.2, -0.15) is 0 Å². The van der Waals surface area contributed by atoms with Gasteiger partial charge in [-0.25, -0.2) is 37.5 Å². The van der Waals surface area contributed by atoms with Crippen LogP contribution in [0.25, 0.3) is 0 Å². The molecule has 0 aliphatic rings. The Morgan fingerprint density at radius 3 is 0.974 bits per heavy atom. The summed E-state index contributed by atoms with van der Waals surface area (Å²) in [5, 5.41) is 0. The van der Waals surface area contributed by atoms with E-state index >= 15 is 0 Å². The third-order valence-electron chi connectivity index (χ3n) is 5.76. The summed E-state index contributed by atoms with van der Waals surface area (Å²) in [4.78, 5) is 30.8. The summed E-state index contributed by atoms with van der Waals surface area (Å²) in [6.07, 6.45) is 26.5. The normalized spacial score (nSPS) is 10.8. The van der Waals surface area contributed by atoms with Crippen molar-refractivity contribution in [1.82, 2.24) is 13.7 Å². The average molecular weight is 587 g/mol. The van der Waals surface area contributed by atoms with Gasteiger partial charge in [0.15, 0.2) is 0 Å². The van der Waals surface area contributed by atoms with Crippen LogP contribution in [0, 0.1) is 0 Å². The number of aromatic nitrogens is 6. The molecule has 0 spiro atoms. The third kappa shape index (κ3) is 19.1. The van der Waals surface area contributed by atoms with Gasteiger partial charge in [0.1, 0.15) is 37.2 Å². The van der Waals surface area contributed by atoms with Crippen molar-refractivity contribution >= 4 is 16.8 Å². The Hall–Kier alpha value is -1.71. The first-order chi connectivity index (χ1) is 18.5. The van der Waals surface area contributed by atoms with Crippen LogP contribution < -0.4 is 28.4 Å². The van der Waals surface area contributed by atoms with E-state index in [0.29, 0.717) is 11.5 Å². The van der Waals surface area contributed by atoms with E-state index in [4.69, 9.17) is 0 Å². The van der Waals surface area contributed by atoms with Crippen LogP contribution in [-0.2, 0) is 50.9 Å². The fourth-order valence-electron chi connectivity index (χ4n) is 3.44. The van der Waals surface area contributed by atoms with Crippen molar-refractivity contribution in [2.24, 2.45) is 21.1 Å². The van der Waals surface area contributed by atoms with Crippen molar-refractivity contribution in [2.75, 3.05) is 11.5 Å². The van der Waals surface area contributed by atoms with Gasteiger partial charge in [-0.1, -0.05) is 53.9 Å². The molecule has 9 nitrogen and oxygen atoms in total. The van der Waals surface area contributed by atoms with Crippen LogP contribution >= 0.6 is 6.72 Å². The molecule has 0 radical (unpaired) electrons. The second kappa shape index (κ2) is 22.0. The Labute approximate surface area is 240 Å². The minimum absolute atomic E-state index is 0.459. The summed E-state index contributed by atoms with van der Waals surface area (Å²) in [7, 11) is 5.22. The molecule has 0 aliphatic carbocycles. The van der Waals surface area contributed by atoms with Crippen LogP contribution in [0.3, 0.4) is 0 Å². The van der Waals surface area contributed by atoms with Crippen LogP contribution in [0.2, 0.25) is 0 Å². The van der Waals surface area contributed by atoms with E-state index in [9.17, 15) is 14.7 Å². The van der Waals surface area contributed by atoms with E-state index in [-0.39, 0.29) is 0 Å². The largest absolute Gasteiger partial charge is 0.848 e. The summed E-state index contributed by atoms with van der Waals surface area (Å²) < 4.78 is 12.8. The van der Waals surface area contributed by atoms with Crippen molar-refractivity contribution < 1.29 is 28.4 Å². The van der Waals surface area contributed by atoms with E-state index in [1.807, 2.05) is 21.1 Å². The summed E-state index contributed by atoms with van der Waals surface area (Å²) in [6.45, 7) is 9.27. The minimum atomic E-state index is -4.25. The molecule has 0 aliphatic heterocycles. The lowest BCUT2D eigenvalue weighted by Gasteiger charge is -2.52. The van der Waals surface area contributed by atoms with Gasteiger partial charge < -0.3 is 21.4 Å². The molecule has 39 heavy (non-hydrogen) atoms. The molecule has 3 aromatic rings. The van der Waals surface area contributed by atoms with Crippen molar-refractivity contribution in [2.45, 2.75) is 92.8 Å². The monoisotopic (exact) mass is 586 g/mol. The Morgan fingerprint density at radius 2 is 0.846 bits per heavy atom. The Bertz CT molecular complexity index is 938. The van der Waals surface area contributed by atoms with Gasteiger partial charge >= 0.3 is 0 Å². The first kappa shape index (κ1) is 37.3. The highest BCUT2D eigenvalue weighted by Gasteiger charge is 1.98. The zero-order valence-electron chi connectivity index (χ0n) is 25.7. The summed E-state index contributed by atoms with van der Waals surface area (Å²) in [5.41, 5.74) is 0. The lowest BCUT2D eigenvalue weighted by molar-refractivity contribution is -0.696. The molecule has 0 atom stereocenters. The minimum Gasteiger partial charge on any atom is -0.848 e. The lowest BCUT2D eigenvalue weighted by atomic mass is 10.3. The molecular weight excluding hydrogens is 531 g/mol. The van der Waals surface area contributed by atoms with Crippen LogP contribution in [-0.4, -0.2) is 25.2 Å². The number of unbranched alkanes of at least 4 members (excludes halogenated alkanes) is 3. The molecule has 3 rings (SSSR count). The summed E-state index contributed by atoms with van der Waals surface area (Å²) in [6, 6.07) is 0. The van der Waals surface area contributed by atoms with E-state index in [2.05, 4.69) is 104 Å². The van der Waals surface area contributed by atoms with E-state index in [1.54, 1.807) is 13.8 Å². The van der Waals surface area contributed by atoms with Crippen molar-refractivity contribution in [1.29, 1.82) is 0 Å². The predicted octanol–water partition coefficient (Wildman–Crippen LogP) is 1.74. The van der Waals surface area contributed by atoms with Crippen molar-refractivity contribution in [3.8, 4) is 0 Å². The molecule has 0 bridgehead atoms. The standard InChI is InChI=1S/3C8H15N2.C4H10O3PS/c3*1-3-4-5-10-7-6-9(2)8-10;1-3-9(4-2)8(5,6)7/h3*6-8H,3-5H2,1-2H3;3-4H2,1-2H3/q3*+1;-3. The molecule has 0 aromatic carbocycles. The number of rotatable bonds is 11. The maximum absolute atomic E-state index is 10.3. The molecule has 3 aromatic heterocycles. The Morgan fingerprint density at radius 1 is 0.564 bits per heavy atom. The molecule has 0 amide bonds. The van der Waals surface area contributed by atoms with E-state index in [1.165, 1.54) is 38.5 Å². The number of aryl methyl sites for hydroxylation is 6.